The molecule has 2 N–H and O–H groups in total. The van der Waals surface area contributed by atoms with Crippen LogP contribution < -0.4 is 5.73 Å². The Morgan fingerprint density at radius 3 is 2.84 bits per heavy atom. The molecule has 0 amide bonds. The van der Waals surface area contributed by atoms with Gasteiger partial charge in [-0.25, -0.2) is 0 Å². The van der Waals surface area contributed by atoms with Crippen LogP contribution in [0, 0.1) is 0 Å². The van der Waals surface area contributed by atoms with Gasteiger partial charge in [0.1, 0.15) is 0 Å². The van der Waals surface area contributed by atoms with E-state index in [1.54, 1.807) is 0 Å². The molecule has 0 saturated carbocycles. The molecule has 1 aliphatic rings. The van der Waals surface area contributed by atoms with Gasteiger partial charge in [-0.2, -0.15) is 0 Å². The highest BCUT2D eigenvalue weighted by Gasteiger charge is 2.32. The van der Waals surface area contributed by atoms with E-state index in [-0.39, 0.29) is 12.1 Å². The molecule has 1 aliphatic heterocycles. The van der Waals surface area contributed by atoms with Crippen LogP contribution in [0.1, 0.15) is 31.9 Å². The molecular weight excluding hydrogens is 260 g/mol. The summed E-state index contributed by atoms with van der Waals surface area (Å²) < 4.78 is 5.76. The van der Waals surface area contributed by atoms with E-state index < -0.39 is 0 Å². The minimum atomic E-state index is 0.171. The maximum Gasteiger partial charge on any atom is 0.0675 e. The van der Waals surface area contributed by atoms with Crippen molar-refractivity contribution in [2.75, 3.05) is 19.7 Å². The van der Waals surface area contributed by atoms with Crippen LogP contribution in [-0.4, -0.2) is 36.7 Å². The third-order valence-electron chi connectivity index (χ3n) is 3.87. The minimum absolute atomic E-state index is 0.171. The average Bonchev–Trinajstić information content (AvgIpc) is 2.42. The van der Waals surface area contributed by atoms with Crippen molar-refractivity contribution < 1.29 is 4.74 Å². The molecule has 0 radical (unpaired) electrons. The molecule has 1 aromatic rings. The Morgan fingerprint density at radius 1 is 1.47 bits per heavy atom. The number of rotatable bonds is 4. The molecule has 0 spiro atoms. The first-order valence-corrected chi connectivity index (χ1v) is 7.37. The lowest BCUT2D eigenvalue weighted by atomic mass is 10.0. The highest BCUT2D eigenvalue weighted by molar-refractivity contribution is 6.31. The van der Waals surface area contributed by atoms with E-state index in [0.29, 0.717) is 12.6 Å². The van der Waals surface area contributed by atoms with Gasteiger partial charge in [-0.05, 0) is 25.0 Å². The summed E-state index contributed by atoms with van der Waals surface area (Å²) in [6, 6.07) is 8.58. The zero-order chi connectivity index (χ0) is 13.8. The van der Waals surface area contributed by atoms with Gasteiger partial charge in [0.15, 0.2) is 0 Å². The van der Waals surface area contributed by atoms with E-state index in [0.717, 1.165) is 30.2 Å². The van der Waals surface area contributed by atoms with Crippen LogP contribution in [0.2, 0.25) is 5.02 Å². The second kappa shape index (κ2) is 6.71. The van der Waals surface area contributed by atoms with Gasteiger partial charge in [-0.15, -0.1) is 0 Å². The van der Waals surface area contributed by atoms with E-state index in [4.69, 9.17) is 22.1 Å². The zero-order valence-electron chi connectivity index (χ0n) is 11.7. The highest BCUT2D eigenvalue weighted by atomic mass is 35.5. The highest BCUT2D eigenvalue weighted by Crippen LogP contribution is 2.31. The van der Waals surface area contributed by atoms with Gasteiger partial charge in [-0.1, -0.05) is 36.7 Å². The lowest BCUT2D eigenvalue weighted by Crippen LogP contribution is -2.51. The van der Waals surface area contributed by atoms with Crippen LogP contribution in [-0.2, 0) is 4.74 Å². The molecule has 106 valence electrons. The number of hydrogen-bond acceptors (Lipinski definition) is 3. The van der Waals surface area contributed by atoms with Gasteiger partial charge in [0.25, 0.3) is 0 Å². The number of nitrogens with two attached hydrogens (primary N) is 1. The molecular formula is C15H23ClN2O. The van der Waals surface area contributed by atoms with E-state index in [1.165, 1.54) is 0 Å². The summed E-state index contributed by atoms with van der Waals surface area (Å²) in [5, 5.41) is 0.798. The normalized spacial score (nSPS) is 26.3. The monoisotopic (exact) mass is 282 g/mol. The van der Waals surface area contributed by atoms with Crippen molar-refractivity contribution >= 4 is 11.6 Å². The van der Waals surface area contributed by atoms with Crippen molar-refractivity contribution in [2.45, 2.75) is 38.5 Å². The van der Waals surface area contributed by atoms with E-state index in [1.807, 2.05) is 18.2 Å². The number of nitrogens with zero attached hydrogens (tertiary/aromatic N) is 1. The van der Waals surface area contributed by atoms with E-state index in [2.05, 4.69) is 24.8 Å². The second-order valence-corrected chi connectivity index (χ2v) is 5.58. The van der Waals surface area contributed by atoms with Crippen molar-refractivity contribution in [3.8, 4) is 0 Å². The Bertz CT molecular complexity index is 413. The Morgan fingerprint density at radius 2 is 2.21 bits per heavy atom. The Hall–Kier alpha value is -0.610. The first kappa shape index (κ1) is 14.8. The molecule has 1 fully saturated rings. The van der Waals surface area contributed by atoms with Gasteiger partial charge in [0, 0.05) is 30.2 Å². The third kappa shape index (κ3) is 3.29. The standard InChI is InChI=1S/C15H23ClN2O/c1-3-12-10-19-11(2)9-18(12)15(8-17)13-6-4-5-7-14(13)16/h4-7,11-12,15H,3,8-10,17H2,1-2H3. The first-order valence-electron chi connectivity index (χ1n) is 6.99. The molecule has 1 aromatic carbocycles. The van der Waals surface area contributed by atoms with Gasteiger partial charge < -0.3 is 10.5 Å². The van der Waals surface area contributed by atoms with Crippen LogP contribution in [0.15, 0.2) is 24.3 Å². The number of halogens is 1. The van der Waals surface area contributed by atoms with E-state index in [9.17, 15) is 0 Å². The summed E-state index contributed by atoms with van der Waals surface area (Å²) in [5.74, 6) is 0. The molecule has 3 unspecified atom stereocenters. The molecule has 1 heterocycles. The maximum absolute atomic E-state index is 6.33. The summed E-state index contributed by atoms with van der Waals surface area (Å²) in [7, 11) is 0. The quantitative estimate of drug-likeness (QED) is 0.923. The van der Waals surface area contributed by atoms with Crippen molar-refractivity contribution in [1.29, 1.82) is 0 Å². The molecule has 0 aliphatic carbocycles. The summed E-state index contributed by atoms with van der Waals surface area (Å²) >= 11 is 6.33. The Labute approximate surface area is 120 Å². The lowest BCUT2D eigenvalue weighted by Gasteiger charge is -2.43. The summed E-state index contributed by atoms with van der Waals surface area (Å²) in [6.07, 6.45) is 1.31. The van der Waals surface area contributed by atoms with Gasteiger partial charge in [0.05, 0.1) is 12.7 Å². The number of morpholine rings is 1. The van der Waals surface area contributed by atoms with Gasteiger partial charge >= 0.3 is 0 Å². The Kier molecular flexibility index (Phi) is 5.22. The molecule has 0 aromatic heterocycles. The molecule has 0 bridgehead atoms. The van der Waals surface area contributed by atoms with Crippen molar-refractivity contribution in [3.63, 3.8) is 0 Å². The molecule has 2 rings (SSSR count). The van der Waals surface area contributed by atoms with Crippen LogP contribution in [0.5, 0.6) is 0 Å². The topological polar surface area (TPSA) is 38.5 Å². The zero-order valence-corrected chi connectivity index (χ0v) is 12.4. The van der Waals surface area contributed by atoms with E-state index >= 15 is 0 Å². The second-order valence-electron chi connectivity index (χ2n) is 5.18. The summed E-state index contributed by atoms with van der Waals surface area (Å²) in [4.78, 5) is 2.45. The fourth-order valence-corrected chi connectivity index (χ4v) is 3.05. The van der Waals surface area contributed by atoms with Gasteiger partial charge in [0.2, 0.25) is 0 Å². The fourth-order valence-electron chi connectivity index (χ4n) is 2.79. The molecule has 3 atom stereocenters. The van der Waals surface area contributed by atoms with Crippen LogP contribution >= 0.6 is 11.6 Å². The number of ether oxygens (including phenoxy) is 1. The predicted molar refractivity (Wildman–Crippen MR) is 79.4 cm³/mol. The van der Waals surface area contributed by atoms with Crippen LogP contribution in [0.25, 0.3) is 0 Å². The molecule has 1 saturated heterocycles. The Balaban J connectivity index is 2.26. The predicted octanol–water partition coefficient (Wildman–Crippen LogP) is 2.84. The van der Waals surface area contributed by atoms with Crippen LogP contribution in [0.3, 0.4) is 0 Å². The lowest BCUT2D eigenvalue weighted by molar-refractivity contribution is -0.0719. The largest absolute Gasteiger partial charge is 0.376 e. The summed E-state index contributed by atoms with van der Waals surface area (Å²) in [6.45, 7) is 6.56. The smallest absolute Gasteiger partial charge is 0.0675 e. The molecule has 3 nitrogen and oxygen atoms in total. The maximum atomic E-state index is 6.33. The van der Waals surface area contributed by atoms with Crippen LogP contribution in [0.4, 0.5) is 0 Å². The summed E-state index contributed by atoms with van der Waals surface area (Å²) in [5.41, 5.74) is 7.15. The van der Waals surface area contributed by atoms with Crippen molar-refractivity contribution in [2.24, 2.45) is 5.73 Å². The van der Waals surface area contributed by atoms with Crippen molar-refractivity contribution in [1.82, 2.24) is 4.90 Å². The fraction of sp³-hybridized carbons (Fsp3) is 0.600. The molecule has 19 heavy (non-hydrogen) atoms. The SMILES string of the molecule is CCC1COC(C)CN1C(CN)c1ccccc1Cl. The third-order valence-corrected chi connectivity index (χ3v) is 4.21. The van der Waals surface area contributed by atoms with Crippen molar-refractivity contribution in [3.05, 3.63) is 34.9 Å². The number of benzene rings is 1. The number of hydrogen-bond donors (Lipinski definition) is 1. The molecule has 4 heteroatoms. The first-order chi connectivity index (χ1) is 9.17. The average molecular weight is 283 g/mol. The minimum Gasteiger partial charge on any atom is -0.376 e. The van der Waals surface area contributed by atoms with Gasteiger partial charge in [-0.3, -0.25) is 4.90 Å².